The Morgan fingerprint density at radius 3 is 2.83 bits per heavy atom. The molecule has 0 aliphatic rings. The van der Waals surface area contributed by atoms with Crippen LogP contribution in [0.15, 0.2) is 25.4 Å². The van der Waals surface area contributed by atoms with Crippen molar-refractivity contribution in [3.63, 3.8) is 0 Å². The van der Waals surface area contributed by atoms with Gasteiger partial charge in [-0.25, -0.2) is 0 Å². The van der Waals surface area contributed by atoms with Crippen LogP contribution in [0.2, 0.25) is 0 Å². The minimum Gasteiger partial charge on any atom is -0.256 e. The molecule has 0 aliphatic heterocycles. The van der Waals surface area contributed by atoms with Crippen molar-refractivity contribution in [2.75, 3.05) is 0 Å². The zero-order valence-electron chi connectivity index (χ0n) is 6.97. The van der Waals surface area contributed by atoms with Gasteiger partial charge in [-0.3, -0.25) is 4.98 Å². The standard InChI is InChI=1S/C10H10ClN/c1-4-10-9(8(3)11)5-7(2)6-12-10/h4-6H,1,3H2,2H3. The molecular weight excluding hydrogens is 170 g/mol. The second kappa shape index (κ2) is 3.55. The molecule has 1 aromatic heterocycles. The van der Waals surface area contributed by atoms with E-state index in [4.69, 9.17) is 11.6 Å². The van der Waals surface area contributed by atoms with Crippen molar-refractivity contribution >= 4 is 22.7 Å². The van der Waals surface area contributed by atoms with Crippen LogP contribution in [0, 0.1) is 6.92 Å². The number of aryl methyl sites for hydroxylation is 1. The van der Waals surface area contributed by atoms with E-state index in [0.29, 0.717) is 5.03 Å². The topological polar surface area (TPSA) is 12.9 Å². The van der Waals surface area contributed by atoms with Gasteiger partial charge in [0.2, 0.25) is 0 Å². The summed E-state index contributed by atoms with van der Waals surface area (Å²) >= 11 is 5.78. The molecule has 1 heterocycles. The first-order chi connectivity index (χ1) is 5.65. The Morgan fingerprint density at radius 1 is 1.67 bits per heavy atom. The van der Waals surface area contributed by atoms with Gasteiger partial charge in [0.1, 0.15) is 0 Å². The lowest BCUT2D eigenvalue weighted by Crippen LogP contribution is -1.89. The first-order valence-electron chi connectivity index (χ1n) is 3.59. The molecule has 0 atom stereocenters. The van der Waals surface area contributed by atoms with Crippen LogP contribution in [0.1, 0.15) is 16.8 Å². The van der Waals surface area contributed by atoms with Crippen LogP contribution >= 0.6 is 11.6 Å². The summed E-state index contributed by atoms with van der Waals surface area (Å²) in [6.07, 6.45) is 3.45. The lowest BCUT2D eigenvalue weighted by molar-refractivity contribution is 1.23. The highest BCUT2D eigenvalue weighted by Gasteiger charge is 2.02. The molecule has 12 heavy (non-hydrogen) atoms. The fourth-order valence-electron chi connectivity index (χ4n) is 0.960. The fourth-order valence-corrected chi connectivity index (χ4v) is 1.11. The second-order valence-corrected chi connectivity index (χ2v) is 3.01. The van der Waals surface area contributed by atoms with Gasteiger partial charge >= 0.3 is 0 Å². The van der Waals surface area contributed by atoms with Gasteiger partial charge < -0.3 is 0 Å². The largest absolute Gasteiger partial charge is 0.256 e. The van der Waals surface area contributed by atoms with Crippen molar-refractivity contribution < 1.29 is 0 Å². The number of nitrogens with zero attached hydrogens (tertiary/aromatic N) is 1. The number of halogens is 1. The Morgan fingerprint density at radius 2 is 2.33 bits per heavy atom. The van der Waals surface area contributed by atoms with Gasteiger partial charge in [0.25, 0.3) is 0 Å². The van der Waals surface area contributed by atoms with Crippen LogP contribution in [-0.2, 0) is 0 Å². The van der Waals surface area contributed by atoms with Crippen LogP contribution < -0.4 is 0 Å². The Labute approximate surface area is 77.4 Å². The first kappa shape index (κ1) is 9.01. The molecule has 0 saturated carbocycles. The van der Waals surface area contributed by atoms with Crippen LogP contribution in [0.25, 0.3) is 11.1 Å². The summed E-state index contributed by atoms with van der Waals surface area (Å²) in [4.78, 5) is 4.15. The van der Waals surface area contributed by atoms with E-state index >= 15 is 0 Å². The monoisotopic (exact) mass is 179 g/mol. The zero-order chi connectivity index (χ0) is 9.14. The quantitative estimate of drug-likeness (QED) is 0.679. The van der Waals surface area contributed by atoms with Crippen LogP contribution in [0.5, 0.6) is 0 Å². The molecule has 0 radical (unpaired) electrons. The number of rotatable bonds is 2. The summed E-state index contributed by atoms with van der Waals surface area (Å²) < 4.78 is 0. The van der Waals surface area contributed by atoms with Crippen molar-refractivity contribution in [1.29, 1.82) is 0 Å². The third-order valence-corrected chi connectivity index (χ3v) is 1.74. The molecule has 0 N–H and O–H groups in total. The molecule has 0 fully saturated rings. The predicted molar refractivity (Wildman–Crippen MR) is 54.0 cm³/mol. The maximum Gasteiger partial charge on any atom is 0.0711 e. The number of hydrogen-bond acceptors (Lipinski definition) is 1. The van der Waals surface area contributed by atoms with E-state index in [9.17, 15) is 0 Å². The van der Waals surface area contributed by atoms with Gasteiger partial charge in [-0.2, -0.15) is 0 Å². The molecule has 2 heteroatoms. The summed E-state index contributed by atoms with van der Waals surface area (Å²) in [5.41, 5.74) is 2.70. The van der Waals surface area contributed by atoms with E-state index in [1.807, 2.05) is 13.0 Å². The predicted octanol–water partition coefficient (Wildman–Crippen LogP) is 3.24. The van der Waals surface area contributed by atoms with E-state index in [1.54, 1.807) is 12.3 Å². The van der Waals surface area contributed by atoms with Gasteiger partial charge in [-0.1, -0.05) is 24.8 Å². The maximum atomic E-state index is 5.78. The molecule has 1 rings (SSSR count). The summed E-state index contributed by atoms with van der Waals surface area (Å²) in [5, 5.41) is 0.501. The highest BCUT2D eigenvalue weighted by molar-refractivity contribution is 6.48. The minimum atomic E-state index is 0.501. The number of pyridine rings is 1. The van der Waals surface area contributed by atoms with Gasteiger partial charge in [-0.05, 0) is 24.6 Å². The molecule has 1 aromatic rings. The maximum absolute atomic E-state index is 5.78. The average molecular weight is 180 g/mol. The van der Waals surface area contributed by atoms with Gasteiger partial charge in [-0.15, -0.1) is 0 Å². The van der Waals surface area contributed by atoms with Gasteiger partial charge in [0, 0.05) is 16.8 Å². The first-order valence-corrected chi connectivity index (χ1v) is 3.97. The van der Waals surface area contributed by atoms with Crippen molar-refractivity contribution in [2.24, 2.45) is 0 Å². The minimum absolute atomic E-state index is 0.501. The SMILES string of the molecule is C=Cc1ncc(C)cc1C(=C)Cl. The van der Waals surface area contributed by atoms with Gasteiger partial charge in [0.05, 0.1) is 5.69 Å². The summed E-state index contributed by atoms with van der Waals surface area (Å²) in [6, 6.07) is 1.94. The molecule has 1 nitrogen and oxygen atoms in total. The summed E-state index contributed by atoms with van der Waals surface area (Å²) in [5.74, 6) is 0. The lowest BCUT2D eigenvalue weighted by atomic mass is 10.1. The van der Waals surface area contributed by atoms with Crippen molar-refractivity contribution in [3.8, 4) is 0 Å². The number of aromatic nitrogens is 1. The van der Waals surface area contributed by atoms with E-state index < -0.39 is 0 Å². The number of hydrogen-bond donors (Lipinski definition) is 0. The summed E-state index contributed by atoms with van der Waals surface area (Å²) in [7, 11) is 0. The third kappa shape index (κ3) is 1.74. The van der Waals surface area contributed by atoms with Crippen molar-refractivity contribution in [2.45, 2.75) is 6.92 Å². The van der Waals surface area contributed by atoms with Gasteiger partial charge in [0.15, 0.2) is 0 Å². The van der Waals surface area contributed by atoms with E-state index in [1.165, 1.54) is 0 Å². The van der Waals surface area contributed by atoms with Crippen molar-refractivity contribution in [1.82, 2.24) is 4.98 Å². The zero-order valence-corrected chi connectivity index (χ0v) is 7.73. The highest BCUT2D eigenvalue weighted by atomic mass is 35.5. The van der Waals surface area contributed by atoms with E-state index in [0.717, 1.165) is 16.8 Å². The molecule has 0 aliphatic carbocycles. The second-order valence-electron chi connectivity index (χ2n) is 2.55. The molecule has 62 valence electrons. The smallest absolute Gasteiger partial charge is 0.0711 e. The molecule has 0 aromatic carbocycles. The van der Waals surface area contributed by atoms with Crippen LogP contribution in [-0.4, -0.2) is 4.98 Å². The van der Waals surface area contributed by atoms with Crippen LogP contribution in [0.4, 0.5) is 0 Å². The Balaban J connectivity index is 3.30. The van der Waals surface area contributed by atoms with E-state index in [2.05, 4.69) is 18.1 Å². The fraction of sp³-hybridized carbons (Fsp3) is 0.100. The average Bonchev–Trinajstić information content (AvgIpc) is 2.04. The lowest BCUT2D eigenvalue weighted by Gasteiger charge is -2.03. The molecule has 0 amide bonds. The highest BCUT2D eigenvalue weighted by Crippen LogP contribution is 2.21. The van der Waals surface area contributed by atoms with Crippen LogP contribution in [0.3, 0.4) is 0 Å². The molecule has 0 bridgehead atoms. The third-order valence-electron chi connectivity index (χ3n) is 1.54. The summed E-state index contributed by atoms with van der Waals surface area (Å²) in [6.45, 7) is 9.26. The Kier molecular flexibility index (Phi) is 2.66. The molecular formula is C10H10ClN. The molecule has 0 saturated heterocycles. The Hall–Kier alpha value is -1.08. The Bertz CT molecular complexity index is 329. The van der Waals surface area contributed by atoms with Crippen molar-refractivity contribution in [3.05, 3.63) is 42.2 Å². The molecule has 0 spiro atoms. The van der Waals surface area contributed by atoms with E-state index in [-0.39, 0.29) is 0 Å². The normalized spacial score (nSPS) is 9.50. The molecule has 0 unspecified atom stereocenters.